The van der Waals surface area contributed by atoms with E-state index in [1.165, 1.54) is 0 Å². The van der Waals surface area contributed by atoms with Crippen molar-refractivity contribution in [2.75, 3.05) is 0 Å². The third kappa shape index (κ3) is 3.66. The molecular weight excluding hydrogens is 252 g/mol. The lowest BCUT2D eigenvalue weighted by atomic mass is 10.00. The Hall–Kier alpha value is -0.133. The van der Waals surface area contributed by atoms with Crippen LogP contribution in [-0.4, -0.2) is 21.5 Å². The lowest BCUT2D eigenvalue weighted by Gasteiger charge is -2.31. The van der Waals surface area contributed by atoms with Gasteiger partial charge in [-0.25, -0.2) is 0 Å². The standard InChI is InChI=1S/C12H24O3SSi/c1-5-12(10-8-6-7-9-11-12)16(13,14)15-17(2,3)4/h5H,1,6-11H2,2-4H3. The summed E-state index contributed by atoms with van der Waals surface area (Å²) in [5.41, 5.74) is 0. The van der Waals surface area contributed by atoms with Gasteiger partial charge in [-0.1, -0.05) is 31.8 Å². The molecule has 17 heavy (non-hydrogen) atoms. The summed E-state index contributed by atoms with van der Waals surface area (Å²) in [4.78, 5) is 0. The first-order valence-corrected chi connectivity index (χ1v) is 11.1. The van der Waals surface area contributed by atoms with Crippen LogP contribution in [0.3, 0.4) is 0 Å². The Kier molecular flexibility index (Phi) is 4.60. The fraction of sp³-hybridized carbons (Fsp3) is 0.833. The van der Waals surface area contributed by atoms with Crippen LogP contribution in [0.5, 0.6) is 0 Å². The molecule has 0 amide bonds. The Labute approximate surface area is 107 Å². The van der Waals surface area contributed by atoms with Crippen molar-refractivity contribution >= 4 is 18.4 Å². The van der Waals surface area contributed by atoms with Gasteiger partial charge in [-0.05, 0) is 32.5 Å². The van der Waals surface area contributed by atoms with E-state index in [-0.39, 0.29) is 0 Å². The predicted molar refractivity (Wildman–Crippen MR) is 74.0 cm³/mol. The summed E-state index contributed by atoms with van der Waals surface area (Å²) >= 11 is 0. The van der Waals surface area contributed by atoms with Gasteiger partial charge in [-0.3, -0.25) is 0 Å². The molecule has 1 rings (SSSR count). The molecule has 1 fully saturated rings. The summed E-state index contributed by atoms with van der Waals surface area (Å²) in [5, 5.41) is 0. The fourth-order valence-electron chi connectivity index (χ4n) is 2.30. The average molecular weight is 276 g/mol. The minimum absolute atomic E-state index is 0.656. The van der Waals surface area contributed by atoms with Gasteiger partial charge in [0.25, 0.3) is 10.1 Å². The second-order valence-electron chi connectivity index (χ2n) is 5.83. The molecule has 1 saturated carbocycles. The summed E-state index contributed by atoms with van der Waals surface area (Å²) < 4.78 is 29.5. The predicted octanol–water partition coefficient (Wildman–Crippen LogP) is 3.45. The SMILES string of the molecule is C=CC1(S(=O)(=O)O[Si](C)(C)C)CCCCCC1. The van der Waals surface area contributed by atoms with E-state index in [4.69, 9.17) is 3.87 Å². The van der Waals surface area contributed by atoms with E-state index in [9.17, 15) is 8.42 Å². The largest absolute Gasteiger partial charge is 0.315 e. The van der Waals surface area contributed by atoms with Crippen LogP contribution in [0.2, 0.25) is 19.6 Å². The van der Waals surface area contributed by atoms with E-state index >= 15 is 0 Å². The van der Waals surface area contributed by atoms with Crippen LogP contribution in [0.4, 0.5) is 0 Å². The second kappa shape index (κ2) is 5.24. The van der Waals surface area contributed by atoms with E-state index in [1.54, 1.807) is 6.08 Å². The zero-order valence-corrected chi connectivity index (χ0v) is 13.0. The number of hydrogen-bond donors (Lipinski definition) is 0. The molecule has 0 heterocycles. The van der Waals surface area contributed by atoms with Gasteiger partial charge in [0.1, 0.15) is 4.75 Å². The Morgan fingerprint density at radius 1 is 1.12 bits per heavy atom. The van der Waals surface area contributed by atoms with E-state index in [2.05, 4.69) is 6.58 Å². The number of rotatable bonds is 4. The van der Waals surface area contributed by atoms with Gasteiger partial charge < -0.3 is 3.87 Å². The molecule has 0 aromatic heterocycles. The lowest BCUT2D eigenvalue weighted by Crippen LogP contribution is -2.43. The van der Waals surface area contributed by atoms with Crippen LogP contribution in [0.1, 0.15) is 38.5 Å². The van der Waals surface area contributed by atoms with Gasteiger partial charge in [0, 0.05) is 0 Å². The van der Waals surface area contributed by atoms with E-state index < -0.39 is 23.2 Å². The molecule has 0 unspecified atom stereocenters. The van der Waals surface area contributed by atoms with Gasteiger partial charge in [0.05, 0.1) is 0 Å². The molecule has 1 aliphatic rings. The highest BCUT2D eigenvalue weighted by atomic mass is 32.2. The fourth-order valence-corrected chi connectivity index (χ4v) is 6.58. The van der Waals surface area contributed by atoms with Crippen molar-refractivity contribution in [2.24, 2.45) is 0 Å². The minimum atomic E-state index is -3.53. The van der Waals surface area contributed by atoms with Gasteiger partial charge in [0.2, 0.25) is 8.32 Å². The summed E-state index contributed by atoms with van der Waals surface area (Å²) in [7, 11) is -5.62. The first kappa shape index (κ1) is 14.9. The van der Waals surface area contributed by atoms with E-state index in [1.807, 2.05) is 19.6 Å². The highest BCUT2D eigenvalue weighted by Gasteiger charge is 2.44. The van der Waals surface area contributed by atoms with Gasteiger partial charge in [-0.2, -0.15) is 8.42 Å². The summed E-state index contributed by atoms with van der Waals surface area (Å²) in [6.45, 7) is 9.45. The van der Waals surface area contributed by atoms with Crippen molar-refractivity contribution in [1.29, 1.82) is 0 Å². The first-order valence-electron chi connectivity index (χ1n) is 6.31. The van der Waals surface area contributed by atoms with Crippen LogP contribution in [-0.2, 0) is 14.0 Å². The molecule has 0 saturated heterocycles. The highest BCUT2D eigenvalue weighted by molar-refractivity contribution is 7.89. The zero-order valence-electron chi connectivity index (χ0n) is 11.2. The Morgan fingerprint density at radius 2 is 1.59 bits per heavy atom. The lowest BCUT2D eigenvalue weighted by molar-refractivity contribution is 0.431. The number of hydrogen-bond acceptors (Lipinski definition) is 3. The van der Waals surface area contributed by atoms with Crippen LogP contribution >= 0.6 is 0 Å². The van der Waals surface area contributed by atoms with Crippen LogP contribution < -0.4 is 0 Å². The molecule has 5 heteroatoms. The third-order valence-electron chi connectivity index (χ3n) is 3.18. The summed E-state index contributed by atoms with van der Waals surface area (Å²) in [6, 6.07) is 0. The Morgan fingerprint density at radius 3 is 1.94 bits per heavy atom. The molecule has 1 aliphatic carbocycles. The van der Waals surface area contributed by atoms with Gasteiger partial charge in [0.15, 0.2) is 0 Å². The minimum Gasteiger partial charge on any atom is -0.315 e. The molecule has 0 atom stereocenters. The Bertz CT molecular complexity index is 360. The maximum atomic E-state index is 12.4. The molecule has 0 aromatic rings. The van der Waals surface area contributed by atoms with Gasteiger partial charge in [-0.15, -0.1) is 6.58 Å². The van der Waals surface area contributed by atoms with Crippen molar-refractivity contribution < 1.29 is 12.3 Å². The summed E-state index contributed by atoms with van der Waals surface area (Å²) in [5.74, 6) is 0. The summed E-state index contributed by atoms with van der Waals surface area (Å²) in [6.07, 6.45) is 7.02. The van der Waals surface area contributed by atoms with Crippen molar-refractivity contribution in [1.82, 2.24) is 0 Å². The Balaban J connectivity index is 3.02. The molecule has 0 aliphatic heterocycles. The zero-order chi connectivity index (χ0) is 13.2. The molecule has 0 bridgehead atoms. The van der Waals surface area contributed by atoms with Crippen LogP contribution in [0.25, 0.3) is 0 Å². The molecular formula is C12H24O3SSi. The van der Waals surface area contributed by atoms with Crippen molar-refractivity contribution in [3.05, 3.63) is 12.7 Å². The molecule has 0 spiro atoms. The molecule has 0 N–H and O–H groups in total. The quantitative estimate of drug-likeness (QED) is 0.449. The average Bonchev–Trinajstić information content (AvgIpc) is 2.39. The normalized spacial score (nSPS) is 21.8. The molecule has 0 aromatic carbocycles. The second-order valence-corrected chi connectivity index (χ2v) is 12.4. The van der Waals surface area contributed by atoms with E-state index in [0.717, 1.165) is 25.7 Å². The van der Waals surface area contributed by atoms with Gasteiger partial charge >= 0.3 is 0 Å². The first-order chi connectivity index (χ1) is 7.72. The third-order valence-corrected chi connectivity index (χ3v) is 7.63. The van der Waals surface area contributed by atoms with Crippen LogP contribution in [0, 0.1) is 0 Å². The van der Waals surface area contributed by atoms with E-state index in [0.29, 0.717) is 12.8 Å². The van der Waals surface area contributed by atoms with Crippen LogP contribution in [0.15, 0.2) is 12.7 Å². The maximum Gasteiger partial charge on any atom is 0.267 e. The van der Waals surface area contributed by atoms with Crippen molar-refractivity contribution in [2.45, 2.75) is 62.9 Å². The molecule has 3 nitrogen and oxygen atoms in total. The monoisotopic (exact) mass is 276 g/mol. The van der Waals surface area contributed by atoms with Crippen molar-refractivity contribution in [3.8, 4) is 0 Å². The maximum absolute atomic E-state index is 12.4. The smallest absolute Gasteiger partial charge is 0.267 e. The van der Waals surface area contributed by atoms with Crippen molar-refractivity contribution in [3.63, 3.8) is 0 Å². The molecule has 0 radical (unpaired) electrons. The molecule has 100 valence electrons. The topological polar surface area (TPSA) is 43.4 Å². The highest BCUT2D eigenvalue weighted by Crippen LogP contribution is 2.37.